The third-order valence-electron chi connectivity index (χ3n) is 4.58. The third-order valence-corrected chi connectivity index (χ3v) is 4.58. The predicted octanol–water partition coefficient (Wildman–Crippen LogP) is 3.38. The first-order chi connectivity index (χ1) is 13.6. The van der Waals surface area contributed by atoms with Crippen LogP contribution in [0.4, 0.5) is 57.1 Å². The molecule has 1 fully saturated rings. The van der Waals surface area contributed by atoms with Crippen molar-refractivity contribution in [3.8, 4) is 0 Å². The van der Waals surface area contributed by atoms with Crippen LogP contribution in [0.2, 0.25) is 0 Å². The Morgan fingerprint density at radius 3 is 1.55 bits per heavy atom. The Kier molecular flexibility index (Phi) is 7.55. The molecule has 1 saturated heterocycles. The standard InChI is InChI=1S/C14H15F13O4/c15-9(16,3-1-2-6-8(30)7(29)5(28)4-31-6)10(17,18)11(19,20)12(21,22)13(23,24)14(25,26)27/h5-8,28-30H,1-4H2/t5-,6+,7-,8+/m1/s1. The lowest BCUT2D eigenvalue weighted by molar-refractivity contribution is -0.440. The molecule has 17 heteroatoms. The second kappa shape index (κ2) is 8.37. The molecular formula is C14H15F13O4. The summed E-state index contributed by atoms with van der Waals surface area (Å²) in [5.74, 6) is -37.1. The summed E-state index contributed by atoms with van der Waals surface area (Å²) in [4.78, 5) is 0. The van der Waals surface area contributed by atoms with E-state index in [2.05, 4.69) is 0 Å². The first kappa shape index (κ1) is 28.0. The molecular weight excluding hydrogens is 479 g/mol. The molecule has 0 bridgehead atoms. The molecule has 0 spiro atoms. The minimum Gasteiger partial charge on any atom is -0.388 e. The zero-order chi connectivity index (χ0) is 24.8. The molecule has 0 saturated carbocycles. The van der Waals surface area contributed by atoms with Crippen molar-refractivity contribution in [2.75, 3.05) is 6.61 Å². The molecule has 186 valence electrons. The number of rotatable bonds is 8. The number of hydrogen-bond donors (Lipinski definition) is 3. The molecule has 1 rings (SSSR count). The number of aliphatic hydroxyl groups excluding tert-OH is 3. The zero-order valence-corrected chi connectivity index (χ0v) is 14.8. The van der Waals surface area contributed by atoms with E-state index in [1.54, 1.807) is 0 Å². The van der Waals surface area contributed by atoms with Crippen molar-refractivity contribution in [3.63, 3.8) is 0 Å². The van der Waals surface area contributed by atoms with Gasteiger partial charge in [0.15, 0.2) is 0 Å². The summed E-state index contributed by atoms with van der Waals surface area (Å²) < 4.78 is 173. The lowest BCUT2D eigenvalue weighted by atomic mass is 9.90. The molecule has 4 atom stereocenters. The van der Waals surface area contributed by atoms with Gasteiger partial charge < -0.3 is 20.1 Å². The summed E-state index contributed by atoms with van der Waals surface area (Å²) in [6.45, 7) is -0.660. The van der Waals surface area contributed by atoms with E-state index in [1.165, 1.54) is 0 Å². The quantitative estimate of drug-likeness (QED) is 0.453. The van der Waals surface area contributed by atoms with Gasteiger partial charge in [0.05, 0.1) is 12.7 Å². The van der Waals surface area contributed by atoms with E-state index >= 15 is 0 Å². The van der Waals surface area contributed by atoms with Crippen LogP contribution in [-0.2, 0) is 4.74 Å². The van der Waals surface area contributed by atoms with Gasteiger partial charge in [0.25, 0.3) is 0 Å². The Balaban J connectivity index is 3.01. The van der Waals surface area contributed by atoms with Gasteiger partial charge in [-0.25, -0.2) is 0 Å². The first-order valence-electron chi connectivity index (χ1n) is 8.18. The van der Waals surface area contributed by atoms with E-state index < -0.39 is 86.1 Å². The Morgan fingerprint density at radius 1 is 0.645 bits per heavy atom. The highest BCUT2D eigenvalue weighted by molar-refractivity contribution is 5.10. The maximum atomic E-state index is 13.6. The normalized spacial score (nSPS) is 27.5. The first-order valence-corrected chi connectivity index (χ1v) is 8.18. The zero-order valence-electron chi connectivity index (χ0n) is 14.8. The van der Waals surface area contributed by atoms with Crippen molar-refractivity contribution >= 4 is 0 Å². The molecule has 0 aromatic carbocycles. The average molecular weight is 494 g/mol. The number of ether oxygens (including phenoxy) is 1. The van der Waals surface area contributed by atoms with Crippen LogP contribution in [0.1, 0.15) is 19.3 Å². The van der Waals surface area contributed by atoms with Gasteiger partial charge in [-0.1, -0.05) is 0 Å². The van der Waals surface area contributed by atoms with Crippen molar-refractivity contribution < 1.29 is 77.1 Å². The lowest BCUT2D eigenvalue weighted by Crippen LogP contribution is -2.70. The van der Waals surface area contributed by atoms with Crippen LogP contribution in [0.3, 0.4) is 0 Å². The Bertz CT molecular complexity index is 622. The Morgan fingerprint density at radius 2 is 1.10 bits per heavy atom. The fraction of sp³-hybridized carbons (Fsp3) is 1.00. The van der Waals surface area contributed by atoms with Gasteiger partial charge >= 0.3 is 35.8 Å². The van der Waals surface area contributed by atoms with Crippen LogP contribution < -0.4 is 0 Å². The molecule has 0 unspecified atom stereocenters. The highest BCUT2D eigenvalue weighted by Gasteiger charge is 2.90. The van der Waals surface area contributed by atoms with E-state index in [9.17, 15) is 67.3 Å². The maximum absolute atomic E-state index is 13.6. The summed E-state index contributed by atoms with van der Waals surface area (Å²) >= 11 is 0. The molecule has 0 aromatic heterocycles. The van der Waals surface area contributed by atoms with Crippen molar-refractivity contribution in [2.24, 2.45) is 0 Å². The number of halogens is 13. The predicted molar refractivity (Wildman–Crippen MR) is 72.4 cm³/mol. The monoisotopic (exact) mass is 494 g/mol. The fourth-order valence-electron chi connectivity index (χ4n) is 2.61. The van der Waals surface area contributed by atoms with E-state index in [0.29, 0.717) is 0 Å². The van der Waals surface area contributed by atoms with Crippen molar-refractivity contribution in [2.45, 2.75) is 79.5 Å². The second-order valence-electron chi connectivity index (χ2n) is 6.81. The molecule has 31 heavy (non-hydrogen) atoms. The summed E-state index contributed by atoms with van der Waals surface area (Å²) in [7, 11) is 0. The summed E-state index contributed by atoms with van der Waals surface area (Å²) in [5.41, 5.74) is 0. The largest absolute Gasteiger partial charge is 0.460 e. The van der Waals surface area contributed by atoms with Crippen LogP contribution >= 0.6 is 0 Å². The molecule has 1 heterocycles. The second-order valence-corrected chi connectivity index (χ2v) is 6.81. The minimum absolute atomic E-state index is 0.660. The smallest absolute Gasteiger partial charge is 0.388 e. The number of alkyl halides is 13. The van der Waals surface area contributed by atoms with Gasteiger partial charge in [0, 0.05) is 6.42 Å². The molecule has 0 aliphatic carbocycles. The van der Waals surface area contributed by atoms with Crippen LogP contribution in [-0.4, -0.2) is 82.1 Å². The Hall–Kier alpha value is -1.07. The Labute approximate surface area is 164 Å². The van der Waals surface area contributed by atoms with Crippen LogP contribution in [0.5, 0.6) is 0 Å². The van der Waals surface area contributed by atoms with Gasteiger partial charge in [0.1, 0.15) is 18.3 Å². The molecule has 1 aliphatic heterocycles. The van der Waals surface area contributed by atoms with Crippen molar-refractivity contribution in [1.82, 2.24) is 0 Å². The average Bonchev–Trinajstić information content (AvgIpc) is 2.60. The summed E-state index contributed by atoms with van der Waals surface area (Å²) in [6, 6.07) is 0. The van der Waals surface area contributed by atoms with E-state index in [-0.39, 0.29) is 0 Å². The highest BCUT2D eigenvalue weighted by Crippen LogP contribution is 2.60. The van der Waals surface area contributed by atoms with Gasteiger partial charge in [0.2, 0.25) is 0 Å². The van der Waals surface area contributed by atoms with E-state index in [1.807, 2.05) is 0 Å². The van der Waals surface area contributed by atoms with Gasteiger partial charge in [-0.3, -0.25) is 0 Å². The molecule has 1 aliphatic rings. The van der Waals surface area contributed by atoms with Crippen molar-refractivity contribution in [1.29, 1.82) is 0 Å². The maximum Gasteiger partial charge on any atom is 0.460 e. The molecule has 4 nitrogen and oxygen atoms in total. The number of hydrogen-bond acceptors (Lipinski definition) is 4. The van der Waals surface area contributed by atoms with E-state index in [4.69, 9.17) is 9.84 Å². The fourth-order valence-corrected chi connectivity index (χ4v) is 2.61. The third kappa shape index (κ3) is 4.55. The summed E-state index contributed by atoms with van der Waals surface area (Å²) in [5, 5.41) is 28.0. The van der Waals surface area contributed by atoms with Gasteiger partial charge in [-0.15, -0.1) is 0 Å². The van der Waals surface area contributed by atoms with Crippen LogP contribution in [0.25, 0.3) is 0 Å². The SMILES string of the molecule is O[C@@H]1[C@H](O)[C@H](O)CO[C@H]1CCCC(F)(F)C(F)(F)C(F)(F)C(F)(F)C(F)(F)C(F)(F)F. The molecule has 0 aromatic rings. The topological polar surface area (TPSA) is 69.9 Å². The molecule has 3 N–H and O–H groups in total. The van der Waals surface area contributed by atoms with Gasteiger partial charge in [-0.2, -0.15) is 57.1 Å². The van der Waals surface area contributed by atoms with E-state index in [0.717, 1.165) is 0 Å². The molecule has 0 radical (unpaired) electrons. The number of aliphatic hydroxyl groups is 3. The highest BCUT2D eigenvalue weighted by atomic mass is 19.4. The summed E-state index contributed by atoms with van der Waals surface area (Å²) in [6.07, 6.45) is -19.1. The van der Waals surface area contributed by atoms with Crippen molar-refractivity contribution in [3.05, 3.63) is 0 Å². The minimum atomic E-state index is -7.95. The lowest BCUT2D eigenvalue weighted by Gasteiger charge is -2.40. The van der Waals surface area contributed by atoms with Crippen LogP contribution in [0, 0.1) is 0 Å². The molecule has 0 amide bonds. The van der Waals surface area contributed by atoms with Gasteiger partial charge in [-0.05, 0) is 12.8 Å². The van der Waals surface area contributed by atoms with Crippen LogP contribution in [0.15, 0.2) is 0 Å².